The fourth-order valence-corrected chi connectivity index (χ4v) is 2.63. The number of hydrogen-bond acceptors (Lipinski definition) is 3. The molecule has 28 heavy (non-hydrogen) atoms. The molecule has 8 heteroatoms. The van der Waals surface area contributed by atoms with Crippen molar-refractivity contribution in [1.82, 2.24) is 15.1 Å². The van der Waals surface area contributed by atoms with E-state index in [0.29, 0.717) is 17.0 Å². The van der Waals surface area contributed by atoms with E-state index in [1.165, 1.54) is 18.0 Å². The summed E-state index contributed by atoms with van der Waals surface area (Å²) < 4.78 is 44.2. The second-order valence-electron chi connectivity index (χ2n) is 6.20. The van der Waals surface area contributed by atoms with Gasteiger partial charge in [-0.25, -0.2) is 4.68 Å². The molecule has 0 unspecified atom stereocenters. The molecule has 146 valence electrons. The van der Waals surface area contributed by atoms with E-state index in [0.717, 1.165) is 5.56 Å². The summed E-state index contributed by atoms with van der Waals surface area (Å²) >= 11 is 0. The number of aromatic nitrogens is 2. The summed E-state index contributed by atoms with van der Waals surface area (Å²) in [5, 5.41) is 6.34. The van der Waals surface area contributed by atoms with Gasteiger partial charge in [-0.1, -0.05) is 29.8 Å². The Hall–Kier alpha value is -3.29. The highest BCUT2D eigenvalue weighted by molar-refractivity contribution is 6.00. The maximum Gasteiger partial charge on any atom is 0.405 e. The molecule has 2 aromatic carbocycles. The number of halogens is 3. The van der Waals surface area contributed by atoms with Gasteiger partial charge >= 0.3 is 6.18 Å². The average molecular weight is 389 g/mol. The van der Waals surface area contributed by atoms with E-state index in [2.05, 4.69) is 5.10 Å². The summed E-state index contributed by atoms with van der Waals surface area (Å²) in [6.07, 6.45) is -3.08. The maximum atomic E-state index is 12.5. The van der Waals surface area contributed by atoms with Gasteiger partial charge in [0.05, 0.1) is 18.4 Å². The van der Waals surface area contributed by atoms with Crippen LogP contribution in [0.1, 0.15) is 15.9 Å². The van der Waals surface area contributed by atoms with Crippen molar-refractivity contribution >= 4 is 5.91 Å². The molecule has 5 nitrogen and oxygen atoms in total. The molecule has 0 atom stereocenters. The van der Waals surface area contributed by atoms with E-state index in [9.17, 15) is 18.0 Å². The lowest BCUT2D eigenvalue weighted by Crippen LogP contribution is -2.33. The summed E-state index contributed by atoms with van der Waals surface area (Å²) in [4.78, 5) is 12.4. The van der Waals surface area contributed by atoms with Crippen molar-refractivity contribution in [2.75, 3.05) is 13.7 Å². The smallest absolute Gasteiger partial charge is 0.405 e. The zero-order valence-corrected chi connectivity index (χ0v) is 15.2. The van der Waals surface area contributed by atoms with Gasteiger partial charge in [0, 0.05) is 11.8 Å². The number of nitrogens with zero attached hydrogens (tertiary/aromatic N) is 2. The predicted octanol–water partition coefficient (Wildman–Crippen LogP) is 4.15. The van der Waals surface area contributed by atoms with Crippen LogP contribution in [0.25, 0.3) is 16.9 Å². The van der Waals surface area contributed by atoms with Crippen molar-refractivity contribution in [3.63, 3.8) is 0 Å². The highest BCUT2D eigenvalue weighted by atomic mass is 19.4. The number of nitrogens with one attached hydrogen (secondary N) is 1. The first-order chi connectivity index (χ1) is 13.3. The summed E-state index contributed by atoms with van der Waals surface area (Å²) in [6, 6.07) is 14.2. The molecule has 0 saturated heterocycles. The molecule has 0 bridgehead atoms. The van der Waals surface area contributed by atoms with Crippen LogP contribution in [-0.4, -0.2) is 35.5 Å². The first-order valence-corrected chi connectivity index (χ1v) is 8.43. The van der Waals surface area contributed by atoms with Crippen LogP contribution in [0.2, 0.25) is 0 Å². The molecule has 0 aliphatic carbocycles. The molecule has 0 radical (unpaired) electrons. The molecule has 0 fully saturated rings. The molecule has 0 aliphatic rings. The average Bonchev–Trinajstić information content (AvgIpc) is 3.11. The molecule has 1 amide bonds. The number of benzene rings is 2. The number of methoxy groups -OCH3 is 1. The van der Waals surface area contributed by atoms with Gasteiger partial charge in [-0.2, -0.15) is 18.3 Å². The van der Waals surface area contributed by atoms with Crippen LogP contribution in [0.5, 0.6) is 5.75 Å². The zero-order valence-electron chi connectivity index (χ0n) is 15.2. The Morgan fingerprint density at radius 2 is 1.89 bits per heavy atom. The molecule has 0 saturated carbocycles. The minimum absolute atomic E-state index is 0.0399. The Bertz CT molecular complexity index is 979. The first-order valence-electron chi connectivity index (χ1n) is 8.43. The summed E-state index contributed by atoms with van der Waals surface area (Å²) in [7, 11) is 1.50. The maximum absolute atomic E-state index is 12.5. The fraction of sp³-hybridized carbons (Fsp3) is 0.200. The van der Waals surface area contributed by atoms with E-state index in [1.54, 1.807) is 24.3 Å². The first kappa shape index (κ1) is 19.5. The topological polar surface area (TPSA) is 56.2 Å². The van der Waals surface area contributed by atoms with Crippen LogP contribution < -0.4 is 10.1 Å². The molecule has 0 aliphatic heterocycles. The number of alkyl halides is 3. The Balaban J connectivity index is 2.04. The van der Waals surface area contributed by atoms with Gasteiger partial charge in [0.25, 0.3) is 5.91 Å². The van der Waals surface area contributed by atoms with Crippen LogP contribution in [0, 0.1) is 6.92 Å². The predicted molar refractivity (Wildman–Crippen MR) is 98.7 cm³/mol. The van der Waals surface area contributed by atoms with Gasteiger partial charge in [0.2, 0.25) is 0 Å². The van der Waals surface area contributed by atoms with Crippen molar-refractivity contribution in [1.29, 1.82) is 0 Å². The molecule has 0 spiro atoms. The van der Waals surface area contributed by atoms with E-state index in [-0.39, 0.29) is 11.3 Å². The highest BCUT2D eigenvalue weighted by Gasteiger charge is 2.29. The number of hydrogen-bond donors (Lipinski definition) is 1. The third-order valence-electron chi connectivity index (χ3n) is 4.05. The van der Waals surface area contributed by atoms with Gasteiger partial charge in [-0.15, -0.1) is 0 Å². The Morgan fingerprint density at radius 3 is 2.54 bits per heavy atom. The molecule has 1 N–H and O–H groups in total. The van der Waals surface area contributed by atoms with Crippen LogP contribution in [-0.2, 0) is 0 Å². The fourth-order valence-electron chi connectivity index (χ4n) is 2.63. The Kier molecular flexibility index (Phi) is 5.39. The number of ether oxygens (including phenoxy) is 1. The molecule has 1 aromatic heterocycles. The third kappa shape index (κ3) is 4.51. The van der Waals surface area contributed by atoms with Gasteiger partial charge in [-0.05, 0) is 31.2 Å². The minimum Gasteiger partial charge on any atom is -0.497 e. The number of carbonyl (C=O) groups excluding carboxylic acids is 1. The van der Waals surface area contributed by atoms with E-state index in [4.69, 9.17) is 4.74 Å². The number of rotatable bonds is 5. The Labute approximate surface area is 159 Å². The lowest BCUT2D eigenvalue weighted by Gasteiger charge is -2.08. The van der Waals surface area contributed by atoms with Gasteiger partial charge in [-0.3, -0.25) is 4.79 Å². The quantitative estimate of drug-likeness (QED) is 0.713. The third-order valence-corrected chi connectivity index (χ3v) is 4.05. The normalized spacial score (nSPS) is 11.3. The van der Waals surface area contributed by atoms with Crippen LogP contribution in [0.3, 0.4) is 0 Å². The number of amides is 1. The van der Waals surface area contributed by atoms with Crippen molar-refractivity contribution < 1.29 is 22.7 Å². The summed E-state index contributed by atoms with van der Waals surface area (Å²) in [6.45, 7) is 0.518. The zero-order chi connectivity index (χ0) is 20.3. The van der Waals surface area contributed by atoms with Gasteiger partial charge in [0.1, 0.15) is 18.0 Å². The molecular formula is C20H18F3N3O2. The van der Waals surface area contributed by atoms with Gasteiger partial charge < -0.3 is 10.1 Å². The van der Waals surface area contributed by atoms with Crippen molar-refractivity contribution in [2.45, 2.75) is 13.1 Å². The lowest BCUT2D eigenvalue weighted by molar-refractivity contribution is -0.123. The molecule has 3 aromatic rings. The molecular weight excluding hydrogens is 371 g/mol. The van der Waals surface area contributed by atoms with Crippen LogP contribution >= 0.6 is 0 Å². The van der Waals surface area contributed by atoms with Crippen molar-refractivity contribution in [3.05, 3.63) is 65.9 Å². The molecule has 1 heterocycles. The lowest BCUT2D eigenvalue weighted by atomic mass is 10.1. The van der Waals surface area contributed by atoms with Gasteiger partial charge in [0.15, 0.2) is 0 Å². The summed E-state index contributed by atoms with van der Waals surface area (Å²) in [5.74, 6) is -0.308. The number of carbonyl (C=O) groups is 1. The van der Waals surface area contributed by atoms with E-state index in [1.807, 2.05) is 36.5 Å². The SMILES string of the molecule is COc1cccc(-c2nn(-c3ccc(C)cc3)cc2C(=O)NCC(F)(F)F)c1. The second kappa shape index (κ2) is 7.75. The van der Waals surface area contributed by atoms with Crippen molar-refractivity contribution in [3.8, 4) is 22.7 Å². The van der Waals surface area contributed by atoms with E-state index < -0.39 is 18.6 Å². The second-order valence-corrected chi connectivity index (χ2v) is 6.20. The Morgan fingerprint density at radius 1 is 1.18 bits per heavy atom. The van der Waals surface area contributed by atoms with Crippen molar-refractivity contribution in [2.24, 2.45) is 0 Å². The highest BCUT2D eigenvalue weighted by Crippen LogP contribution is 2.27. The largest absolute Gasteiger partial charge is 0.497 e. The van der Waals surface area contributed by atoms with Crippen LogP contribution in [0.4, 0.5) is 13.2 Å². The minimum atomic E-state index is -4.50. The summed E-state index contributed by atoms with van der Waals surface area (Å²) in [5.41, 5.74) is 2.59. The monoisotopic (exact) mass is 389 g/mol. The van der Waals surface area contributed by atoms with Crippen LogP contribution in [0.15, 0.2) is 54.7 Å². The van der Waals surface area contributed by atoms with E-state index >= 15 is 0 Å². The standard InChI is InChI=1S/C20H18F3N3O2/c1-13-6-8-15(9-7-13)26-11-17(19(27)24-12-20(21,22)23)18(25-26)14-4-3-5-16(10-14)28-2/h3-11H,12H2,1-2H3,(H,24,27). The molecule has 3 rings (SSSR count). The number of aryl methyl sites for hydroxylation is 1.